The average Bonchev–Trinajstić information content (AvgIpc) is 2.67. The molecule has 0 unspecified atom stereocenters. The van der Waals surface area contributed by atoms with Crippen LogP contribution in [0.2, 0.25) is 0 Å². The normalized spacial score (nSPS) is 17.9. The maximum Gasteiger partial charge on any atom is 0.224 e. The molecule has 1 saturated carbocycles. The number of hydrogen-bond donors (Lipinski definition) is 1. The van der Waals surface area contributed by atoms with Crippen LogP contribution in [0.15, 0.2) is 5.38 Å². The van der Waals surface area contributed by atoms with E-state index in [2.05, 4.69) is 10.4 Å². The van der Waals surface area contributed by atoms with E-state index in [1.807, 2.05) is 0 Å². The summed E-state index contributed by atoms with van der Waals surface area (Å²) < 4.78 is 0. The molecule has 0 saturated heterocycles. The highest BCUT2D eigenvalue weighted by Gasteiger charge is 2.18. The van der Waals surface area contributed by atoms with Gasteiger partial charge in [-0.1, -0.05) is 19.3 Å². The molecule has 0 aliphatic heterocycles. The van der Waals surface area contributed by atoms with Crippen molar-refractivity contribution in [3.05, 3.63) is 16.1 Å². The van der Waals surface area contributed by atoms with Crippen molar-refractivity contribution < 1.29 is 4.79 Å². The van der Waals surface area contributed by atoms with Crippen LogP contribution in [0.5, 0.6) is 0 Å². The zero-order chi connectivity index (χ0) is 10.7. The highest BCUT2D eigenvalue weighted by atomic mass is 32.1. The minimum atomic E-state index is -0.292. The Morgan fingerprint density at radius 2 is 2.20 bits per heavy atom. The second-order valence-electron chi connectivity index (χ2n) is 4.14. The van der Waals surface area contributed by atoms with Gasteiger partial charge in [-0.15, -0.1) is 11.3 Å². The Hall–Kier alpha value is -0.900. The maximum atomic E-state index is 10.7. The van der Waals surface area contributed by atoms with Crippen LogP contribution in [0.25, 0.3) is 0 Å². The summed E-state index contributed by atoms with van der Waals surface area (Å²) in [7, 11) is 0. The van der Waals surface area contributed by atoms with Gasteiger partial charge in [0, 0.05) is 11.3 Å². The van der Waals surface area contributed by atoms with E-state index >= 15 is 0 Å². The van der Waals surface area contributed by atoms with Gasteiger partial charge < -0.3 is 5.73 Å². The Morgan fingerprint density at radius 1 is 1.47 bits per heavy atom. The zero-order valence-electron chi connectivity index (χ0n) is 8.74. The number of primary amides is 1. The molecule has 1 aromatic heterocycles. The number of nitrogens with zero attached hydrogens (tertiary/aromatic N) is 1. The molecular weight excluding hydrogens is 208 g/mol. The molecule has 1 fully saturated rings. The lowest BCUT2D eigenvalue weighted by Crippen LogP contribution is -2.13. The zero-order valence-corrected chi connectivity index (χ0v) is 9.55. The molecule has 1 aliphatic carbocycles. The van der Waals surface area contributed by atoms with E-state index < -0.39 is 0 Å². The highest BCUT2D eigenvalue weighted by molar-refractivity contribution is 7.09. The first kappa shape index (κ1) is 10.6. The molecule has 1 heterocycles. The van der Waals surface area contributed by atoms with Crippen LogP contribution in [-0.4, -0.2) is 10.9 Å². The summed E-state index contributed by atoms with van der Waals surface area (Å²) in [4.78, 5) is 15.2. The molecule has 1 aliphatic rings. The summed E-state index contributed by atoms with van der Waals surface area (Å²) in [5.41, 5.74) is 6.32. The number of thiazole rings is 1. The highest BCUT2D eigenvalue weighted by Crippen LogP contribution is 2.32. The van der Waals surface area contributed by atoms with Crippen LogP contribution >= 0.6 is 11.3 Å². The van der Waals surface area contributed by atoms with E-state index in [1.165, 1.54) is 37.8 Å². The molecule has 2 N–H and O–H groups in total. The van der Waals surface area contributed by atoms with E-state index in [0.717, 1.165) is 5.01 Å². The molecule has 3 nitrogen and oxygen atoms in total. The number of rotatable bonds is 3. The Balaban J connectivity index is 2.02. The summed E-state index contributed by atoms with van der Waals surface area (Å²) in [6, 6.07) is 0. The molecule has 1 amide bonds. The smallest absolute Gasteiger partial charge is 0.224 e. The quantitative estimate of drug-likeness (QED) is 0.855. The second-order valence-corrected chi connectivity index (χ2v) is 5.09. The Morgan fingerprint density at radius 3 is 2.87 bits per heavy atom. The van der Waals surface area contributed by atoms with Crippen LogP contribution in [0.4, 0.5) is 0 Å². The van der Waals surface area contributed by atoms with E-state index in [-0.39, 0.29) is 12.3 Å². The molecule has 1 aromatic rings. The third-order valence-electron chi connectivity index (χ3n) is 2.92. The SMILES string of the molecule is NC(=O)Cc1nc(C2CCCCC2)cs1. The summed E-state index contributed by atoms with van der Waals surface area (Å²) >= 11 is 1.56. The van der Waals surface area contributed by atoms with Gasteiger partial charge >= 0.3 is 0 Å². The van der Waals surface area contributed by atoms with Crippen LogP contribution in [0, 0.1) is 0 Å². The lowest BCUT2D eigenvalue weighted by molar-refractivity contribution is -0.117. The third kappa shape index (κ3) is 2.78. The average molecular weight is 224 g/mol. The first-order valence-electron chi connectivity index (χ1n) is 5.48. The van der Waals surface area contributed by atoms with Crippen molar-refractivity contribution in [2.24, 2.45) is 5.73 Å². The first-order valence-corrected chi connectivity index (χ1v) is 6.36. The van der Waals surface area contributed by atoms with Gasteiger partial charge in [0.2, 0.25) is 5.91 Å². The largest absolute Gasteiger partial charge is 0.369 e. The van der Waals surface area contributed by atoms with E-state index in [9.17, 15) is 4.79 Å². The number of carbonyl (C=O) groups excluding carboxylic acids is 1. The molecular formula is C11H16N2OS. The predicted octanol–water partition coefficient (Wildman–Crippen LogP) is 2.22. The molecule has 82 valence electrons. The first-order chi connectivity index (χ1) is 7.25. The number of nitrogens with two attached hydrogens (primary N) is 1. The van der Waals surface area contributed by atoms with Gasteiger partial charge in [0.25, 0.3) is 0 Å². The number of amides is 1. The van der Waals surface area contributed by atoms with E-state index in [0.29, 0.717) is 5.92 Å². The Kier molecular flexibility index (Phi) is 3.36. The van der Waals surface area contributed by atoms with Gasteiger partial charge in [-0.2, -0.15) is 0 Å². The fraction of sp³-hybridized carbons (Fsp3) is 0.636. The number of carbonyl (C=O) groups is 1. The van der Waals surface area contributed by atoms with Crippen molar-refractivity contribution in [3.63, 3.8) is 0 Å². The predicted molar refractivity (Wildman–Crippen MR) is 60.8 cm³/mol. The summed E-state index contributed by atoms with van der Waals surface area (Å²) in [5.74, 6) is 0.330. The molecule has 0 atom stereocenters. The maximum absolute atomic E-state index is 10.7. The molecule has 0 radical (unpaired) electrons. The van der Waals surface area contributed by atoms with Crippen LogP contribution in [0.1, 0.15) is 48.7 Å². The van der Waals surface area contributed by atoms with Crippen molar-refractivity contribution in [2.45, 2.75) is 44.4 Å². The fourth-order valence-electron chi connectivity index (χ4n) is 2.14. The molecule has 0 bridgehead atoms. The van der Waals surface area contributed by atoms with Crippen molar-refractivity contribution in [1.82, 2.24) is 4.98 Å². The molecule has 4 heteroatoms. The van der Waals surface area contributed by atoms with Crippen molar-refractivity contribution in [1.29, 1.82) is 0 Å². The minimum absolute atomic E-state index is 0.289. The Bertz CT molecular complexity index is 342. The Labute approximate surface area is 93.7 Å². The summed E-state index contributed by atoms with van der Waals surface area (Å²) in [6.07, 6.45) is 6.77. The summed E-state index contributed by atoms with van der Waals surface area (Å²) in [5, 5.41) is 2.96. The van der Waals surface area contributed by atoms with Crippen LogP contribution in [0.3, 0.4) is 0 Å². The monoisotopic (exact) mass is 224 g/mol. The lowest BCUT2D eigenvalue weighted by Gasteiger charge is -2.19. The van der Waals surface area contributed by atoms with Crippen molar-refractivity contribution in [3.8, 4) is 0 Å². The third-order valence-corrected chi connectivity index (χ3v) is 3.79. The number of aromatic nitrogens is 1. The van der Waals surface area contributed by atoms with Gasteiger partial charge in [0.1, 0.15) is 5.01 Å². The lowest BCUT2D eigenvalue weighted by atomic mass is 9.87. The minimum Gasteiger partial charge on any atom is -0.369 e. The second kappa shape index (κ2) is 4.75. The van der Waals surface area contributed by atoms with E-state index in [4.69, 9.17) is 5.73 Å². The van der Waals surface area contributed by atoms with Crippen molar-refractivity contribution >= 4 is 17.2 Å². The van der Waals surface area contributed by atoms with Gasteiger partial charge in [0.05, 0.1) is 12.1 Å². The van der Waals surface area contributed by atoms with Crippen LogP contribution < -0.4 is 5.73 Å². The standard InChI is InChI=1S/C11H16N2OS/c12-10(14)6-11-13-9(7-15-11)8-4-2-1-3-5-8/h7-8H,1-6H2,(H2,12,14). The van der Waals surface area contributed by atoms with Gasteiger partial charge in [-0.05, 0) is 12.8 Å². The molecule has 0 aromatic carbocycles. The topological polar surface area (TPSA) is 56.0 Å². The molecule has 15 heavy (non-hydrogen) atoms. The summed E-state index contributed by atoms with van der Waals surface area (Å²) in [6.45, 7) is 0. The van der Waals surface area contributed by atoms with Gasteiger partial charge in [0.15, 0.2) is 0 Å². The molecule has 0 spiro atoms. The number of hydrogen-bond acceptors (Lipinski definition) is 3. The fourth-order valence-corrected chi connectivity index (χ4v) is 3.03. The van der Waals surface area contributed by atoms with Crippen molar-refractivity contribution in [2.75, 3.05) is 0 Å². The molecule has 2 rings (SSSR count). The van der Waals surface area contributed by atoms with Crippen LogP contribution in [-0.2, 0) is 11.2 Å². The van der Waals surface area contributed by atoms with E-state index in [1.54, 1.807) is 11.3 Å². The van der Waals surface area contributed by atoms with Gasteiger partial charge in [-0.3, -0.25) is 4.79 Å². The van der Waals surface area contributed by atoms with Gasteiger partial charge in [-0.25, -0.2) is 4.98 Å².